The molecule has 1 N–H and O–H groups in total. The normalized spacial score (nSPS) is 15.5. The van der Waals surface area contributed by atoms with Gasteiger partial charge in [0.1, 0.15) is 0 Å². The van der Waals surface area contributed by atoms with E-state index in [1.807, 2.05) is 37.3 Å². The maximum Gasteiger partial charge on any atom is 0.262 e. The molecule has 1 aliphatic carbocycles. The van der Waals surface area contributed by atoms with Crippen molar-refractivity contribution in [3.8, 4) is 0 Å². The molecular weight excluding hydrogens is 384 g/mol. The Labute approximate surface area is 173 Å². The van der Waals surface area contributed by atoms with Gasteiger partial charge in [-0.1, -0.05) is 42.8 Å². The Bertz CT molecular complexity index is 1060. The van der Waals surface area contributed by atoms with E-state index >= 15 is 0 Å². The van der Waals surface area contributed by atoms with Crippen LogP contribution < -0.4 is 10.9 Å². The van der Waals surface area contributed by atoms with Crippen LogP contribution in [0.25, 0.3) is 10.9 Å². The molecule has 2 heterocycles. The highest BCUT2D eigenvalue weighted by atomic mass is 32.2. The molecule has 0 radical (unpaired) electrons. The second-order valence-electron chi connectivity index (χ2n) is 7.41. The number of pyridine rings is 1. The van der Waals surface area contributed by atoms with Gasteiger partial charge in [-0.15, -0.1) is 0 Å². The highest BCUT2D eigenvalue weighted by Gasteiger charge is 2.23. The lowest BCUT2D eigenvalue weighted by atomic mass is 10.2. The summed E-state index contributed by atoms with van der Waals surface area (Å²) >= 11 is 1.33. The number of nitrogens with zero attached hydrogens (tertiary/aromatic N) is 3. The summed E-state index contributed by atoms with van der Waals surface area (Å²) in [5.41, 5.74) is 1.45. The molecule has 7 heteroatoms. The van der Waals surface area contributed by atoms with Gasteiger partial charge in [-0.05, 0) is 43.5 Å². The number of hydrogen-bond acceptors (Lipinski definition) is 5. The Kier molecular flexibility index (Phi) is 5.94. The molecule has 0 bridgehead atoms. The van der Waals surface area contributed by atoms with E-state index in [2.05, 4.69) is 10.3 Å². The van der Waals surface area contributed by atoms with Gasteiger partial charge in [0.15, 0.2) is 5.16 Å². The minimum Gasteiger partial charge on any atom is -0.352 e. The standard InChI is InChI=1S/C22H24N4O2S/c1-15(20(27)24-17-8-2-3-9-17)29-22-25-19-11-5-4-10-18(19)21(28)26(22)14-16-7-6-12-23-13-16/h4-7,10-13,15,17H,2-3,8-9,14H2,1H3,(H,24,27)/t15-/m0/s1. The number of hydrogen-bond donors (Lipinski definition) is 1. The predicted molar refractivity (Wildman–Crippen MR) is 115 cm³/mol. The number of nitrogens with one attached hydrogen (secondary N) is 1. The fourth-order valence-corrected chi connectivity index (χ4v) is 4.57. The maximum atomic E-state index is 13.2. The molecule has 0 aliphatic heterocycles. The molecule has 0 spiro atoms. The highest BCUT2D eigenvalue weighted by molar-refractivity contribution is 8.00. The van der Waals surface area contributed by atoms with Crippen LogP contribution in [-0.4, -0.2) is 31.7 Å². The van der Waals surface area contributed by atoms with Gasteiger partial charge in [-0.25, -0.2) is 4.98 Å². The van der Waals surface area contributed by atoms with E-state index in [-0.39, 0.29) is 22.8 Å². The molecule has 0 unspecified atom stereocenters. The number of aromatic nitrogens is 3. The van der Waals surface area contributed by atoms with Gasteiger partial charge < -0.3 is 5.32 Å². The van der Waals surface area contributed by atoms with E-state index in [0.29, 0.717) is 22.6 Å². The van der Waals surface area contributed by atoms with Crippen LogP contribution in [0.2, 0.25) is 0 Å². The van der Waals surface area contributed by atoms with Crippen molar-refractivity contribution in [1.82, 2.24) is 19.9 Å². The van der Waals surface area contributed by atoms with Crippen molar-refractivity contribution in [3.63, 3.8) is 0 Å². The van der Waals surface area contributed by atoms with Gasteiger partial charge in [0.25, 0.3) is 5.56 Å². The molecule has 0 saturated heterocycles. The van der Waals surface area contributed by atoms with Gasteiger partial charge >= 0.3 is 0 Å². The smallest absolute Gasteiger partial charge is 0.262 e. The topological polar surface area (TPSA) is 76.9 Å². The monoisotopic (exact) mass is 408 g/mol. The number of carbonyl (C=O) groups excluding carboxylic acids is 1. The van der Waals surface area contributed by atoms with Crippen LogP contribution in [0.15, 0.2) is 58.7 Å². The Hall–Kier alpha value is -2.67. The summed E-state index contributed by atoms with van der Waals surface area (Å²) in [5.74, 6) is -0.00256. The van der Waals surface area contributed by atoms with Crippen LogP contribution in [0.5, 0.6) is 0 Å². The van der Waals surface area contributed by atoms with Crippen LogP contribution >= 0.6 is 11.8 Å². The lowest BCUT2D eigenvalue weighted by Crippen LogP contribution is -2.38. The van der Waals surface area contributed by atoms with Crippen molar-refractivity contribution in [3.05, 3.63) is 64.7 Å². The lowest BCUT2D eigenvalue weighted by molar-refractivity contribution is -0.120. The molecule has 1 aromatic carbocycles. The Morgan fingerprint density at radius 3 is 2.79 bits per heavy atom. The number of para-hydroxylation sites is 1. The third kappa shape index (κ3) is 4.50. The number of amides is 1. The number of thioether (sulfide) groups is 1. The van der Waals surface area contributed by atoms with E-state index in [0.717, 1.165) is 18.4 Å². The number of rotatable bonds is 6. The van der Waals surface area contributed by atoms with Crippen LogP contribution in [-0.2, 0) is 11.3 Å². The second-order valence-corrected chi connectivity index (χ2v) is 8.72. The van der Waals surface area contributed by atoms with E-state index < -0.39 is 0 Å². The second kappa shape index (κ2) is 8.78. The first-order chi connectivity index (χ1) is 14.1. The van der Waals surface area contributed by atoms with Crippen molar-refractivity contribution >= 4 is 28.6 Å². The average molecular weight is 409 g/mol. The first-order valence-corrected chi connectivity index (χ1v) is 10.9. The van der Waals surface area contributed by atoms with Gasteiger partial charge in [0.05, 0.1) is 22.7 Å². The SMILES string of the molecule is C[C@H](Sc1nc2ccccc2c(=O)n1Cc1cccnc1)C(=O)NC1CCCC1. The zero-order valence-electron chi connectivity index (χ0n) is 16.4. The van der Waals surface area contributed by atoms with Crippen molar-refractivity contribution in [2.24, 2.45) is 0 Å². The molecule has 3 aromatic rings. The Balaban J connectivity index is 1.65. The number of fused-ring (bicyclic) bond motifs is 1. The molecule has 150 valence electrons. The van der Waals surface area contributed by atoms with Gasteiger partial charge in [0, 0.05) is 18.4 Å². The summed E-state index contributed by atoms with van der Waals surface area (Å²) in [4.78, 5) is 34.7. The van der Waals surface area contributed by atoms with Gasteiger partial charge in [-0.2, -0.15) is 0 Å². The fourth-order valence-electron chi connectivity index (χ4n) is 3.65. The number of carbonyl (C=O) groups is 1. The summed E-state index contributed by atoms with van der Waals surface area (Å²) in [5, 5.41) is 3.91. The summed E-state index contributed by atoms with van der Waals surface area (Å²) in [7, 11) is 0. The molecule has 6 nitrogen and oxygen atoms in total. The van der Waals surface area contributed by atoms with Crippen LogP contribution in [0.3, 0.4) is 0 Å². The van der Waals surface area contributed by atoms with Crippen LogP contribution in [0.4, 0.5) is 0 Å². The molecule has 1 saturated carbocycles. The summed E-state index contributed by atoms with van der Waals surface area (Å²) < 4.78 is 1.64. The molecule has 1 amide bonds. The lowest BCUT2D eigenvalue weighted by Gasteiger charge is -2.18. The molecule has 1 atom stereocenters. The third-order valence-electron chi connectivity index (χ3n) is 5.24. The highest BCUT2D eigenvalue weighted by Crippen LogP contribution is 2.24. The molecule has 1 aliphatic rings. The first-order valence-electron chi connectivity index (χ1n) is 9.97. The van der Waals surface area contributed by atoms with Crippen molar-refractivity contribution in [2.75, 3.05) is 0 Å². The van der Waals surface area contributed by atoms with Crippen LogP contribution in [0.1, 0.15) is 38.2 Å². The maximum absolute atomic E-state index is 13.2. The van der Waals surface area contributed by atoms with Crippen molar-refractivity contribution < 1.29 is 4.79 Å². The molecule has 2 aromatic heterocycles. The number of benzene rings is 1. The summed E-state index contributed by atoms with van der Waals surface area (Å²) in [6.45, 7) is 2.23. The minimum absolute atomic E-state index is 0.00256. The Morgan fingerprint density at radius 1 is 1.24 bits per heavy atom. The quantitative estimate of drug-likeness (QED) is 0.500. The van der Waals surface area contributed by atoms with E-state index in [9.17, 15) is 9.59 Å². The summed E-state index contributed by atoms with van der Waals surface area (Å²) in [6, 6.07) is 11.4. The van der Waals surface area contributed by atoms with Crippen molar-refractivity contribution in [2.45, 2.75) is 55.6 Å². The van der Waals surface area contributed by atoms with E-state index in [1.54, 1.807) is 23.0 Å². The van der Waals surface area contributed by atoms with Gasteiger partial charge in [0.2, 0.25) is 5.91 Å². The van der Waals surface area contributed by atoms with Gasteiger partial charge in [-0.3, -0.25) is 19.1 Å². The third-order valence-corrected chi connectivity index (χ3v) is 6.33. The fraction of sp³-hybridized carbons (Fsp3) is 0.364. The van der Waals surface area contributed by atoms with Crippen molar-refractivity contribution in [1.29, 1.82) is 0 Å². The molecule has 1 fully saturated rings. The molecular formula is C22H24N4O2S. The average Bonchev–Trinajstić information content (AvgIpc) is 3.24. The van der Waals surface area contributed by atoms with E-state index in [1.165, 1.54) is 24.6 Å². The minimum atomic E-state index is -0.344. The zero-order valence-corrected chi connectivity index (χ0v) is 17.2. The molecule has 4 rings (SSSR count). The summed E-state index contributed by atoms with van der Waals surface area (Å²) in [6.07, 6.45) is 7.88. The van der Waals surface area contributed by atoms with E-state index in [4.69, 9.17) is 4.98 Å². The zero-order chi connectivity index (χ0) is 20.2. The largest absolute Gasteiger partial charge is 0.352 e. The Morgan fingerprint density at radius 2 is 2.03 bits per heavy atom. The molecule has 29 heavy (non-hydrogen) atoms. The first kappa shape index (κ1) is 19.6. The van der Waals surface area contributed by atoms with Crippen LogP contribution in [0, 0.1) is 0 Å². The predicted octanol–water partition coefficient (Wildman–Crippen LogP) is 3.38.